The quantitative estimate of drug-likeness (QED) is 0.150. The molecular formula is C38H46N2O2. The molecule has 4 aromatic carbocycles. The van der Waals surface area contributed by atoms with Gasteiger partial charge in [-0.25, -0.2) is 0 Å². The van der Waals surface area contributed by atoms with Gasteiger partial charge in [0.2, 0.25) is 0 Å². The molecule has 220 valence electrons. The van der Waals surface area contributed by atoms with Gasteiger partial charge in [0.25, 0.3) is 0 Å². The zero-order valence-electron chi connectivity index (χ0n) is 25.4. The molecule has 1 aliphatic rings. The van der Waals surface area contributed by atoms with E-state index in [0.29, 0.717) is 5.92 Å². The fraction of sp³-hybridized carbons (Fsp3) is 0.368. The molecule has 0 amide bonds. The topological polar surface area (TPSA) is 24.9 Å². The molecule has 0 saturated carbocycles. The largest absolute Gasteiger partial charge is 0.492 e. The highest BCUT2D eigenvalue weighted by Gasteiger charge is 2.23. The number of likely N-dealkylation sites (tertiary alicyclic amines) is 1. The van der Waals surface area contributed by atoms with E-state index in [2.05, 4.69) is 127 Å². The Bertz CT molecular complexity index is 1320. The number of rotatable bonds is 15. The second-order valence-electron chi connectivity index (χ2n) is 11.4. The second-order valence-corrected chi connectivity index (χ2v) is 11.4. The Kier molecular flexibility index (Phi) is 11.1. The lowest BCUT2D eigenvalue weighted by atomic mass is 9.96. The smallest absolute Gasteiger partial charge is 0.119 e. The standard InChI is InChI=1S/C38H46N2O2/c1-3-39(4-2)24-26-41-37-20-14-34(15-21-37)29-32-10-16-35(17-11-32)36-22-23-40(30-36)25-27-42-38-18-12-33(13-19-38)28-31-8-6-5-7-9-31/h5-21,36H,3-4,22-30H2,1-2H3. The Hall–Kier alpha value is -3.60. The zero-order valence-corrected chi connectivity index (χ0v) is 25.4. The summed E-state index contributed by atoms with van der Waals surface area (Å²) in [6, 6.07) is 37.0. The molecule has 4 nitrogen and oxygen atoms in total. The monoisotopic (exact) mass is 562 g/mol. The van der Waals surface area contributed by atoms with Gasteiger partial charge in [-0.15, -0.1) is 0 Å². The predicted octanol–water partition coefficient (Wildman–Crippen LogP) is 7.46. The lowest BCUT2D eigenvalue weighted by Gasteiger charge is -2.18. The summed E-state index contributed by atoms with van der Waals surface area (Å²) in [4.78, 5) is 4.91. The van der Waals surface area contributed by atoms with E-state index in [1.807, 2.05) is 0 Å². The molecule has 1 unspecified atom stereocenters. The van der Waals surface area contributed by atoms with E-state index in [4.69, 9.17) is 9.47 Å². The SMILES string of the molecule is CCN(CC)CCOc1ccc(Cc2ccc(C3CCN(CCOc4ccc(Cc5ccccc5)cc4)C3)cc2)cc1. The summed E-state index contributed by atoms with van der Waals surface area (Å²) in [5, 5.41) is 0. The molecule has 0 bridgehead atoms. The van der Waals surface area contributed by atoms with Gasteiger partial charge in [-0.05, 0) is 96.9 Å². The molecule has 4 aromatic rings. The van der Waals surface area contributed by atoms with Crippen molar-refractivity contribution in [3.63, 3.8) is 0 Å². The van der Waals surface area contributed by atoms with Crippen molar-refractivity contribution in [2.24, 2.45) is 0 Å². The molecule has 0 N–H and O–H groups in total. The van der Waals surface area contributed by atoms with Crippen LogP contribution in [0.3, 0.4) is 0 Å². The molecule has 1 saturated heterocycles. The maximum absolute atomic E-state index is 6.08. The van der Waals surface area contributed by atoms with Crippen LogP contribution in [0.2, 0.25) is 0 Å². The van der Waals surface area contributed by atoms with Crippen molar-refractivity contribution in [2.45, 2.75) is 39.0 Å². The normalized spacial score (nSPS) is 15.3. The van der Waals surface area contributed by atoms with Crippen molar-refractivity contribution in [1.29, 1.82) is 0 Å². The lowest BCUT2D eigenvalue weighted by Crippen LogP contribution is -2.27. The average molecular weight is 563 g/mol. The molecule has 1 atom stereocenters. The van der Waals surface area contributed by atoms with E-state index >= 15 is 0 Å². The molecular weight excluding hydrogens is 516 g/mol. The molecule has 5 rings (SSSR count). The molecule has 1 heterocycles. The third-order valence-electron chi connectivity index (χ3n) is 8.48. The second kappa shape index (κ2) is 15.6. The first-order valence-corrected chi connectivity index (χ1v) is 15.7. The van der Waals surface area contributed by atoms with Crippen molar-refractivity contribution in [3.8, 4) is 11.5 Å². The van der Waals surface area contributed by atoms with Gasteiger partial charge in [-0.2, -0.15) is 0 Å². The van der Waals surface area contributed by atoms with Gasteiger partial charge in [0.05, 0.1) is 0 Å². The predicted molar refractivity (Wildman–Crippen MR) is 174 cm³/mol. The third kappa shape index (κ3) is 8.95. The van der Waals surface area contributed by atoms with E-state index in [1.54, 1.807) is 0 Å². The summed E-state index contributed by atoms with van der Waals surface area (Å²) >= 11 is 0. The summed E-state index contributed by atoms with van der Waals surface area (Å²) in [7, 11) is 0. The highest BCUT2D eigenvalue weighted by atomic mass is 16.5. The van der Waals surface area contributed by atoms with E-state index in [-0.39, 0.29) is 0 Å². The van der Waals surface area contributed by atoms with Gasteiger partial charge < -0.3 is 14.4 Å². The Morgan fingerprint density at radius 1 is 0.643 bits per heavy atom. The lowest BCUT2D eigenvalue weighted by molar-refractivity contribution is 0.223. The minimum Gasteiger partial charge on any atom is -0.492 e. The number of benzene rings is 4. The van der Waals surface area contributed by atoms with Crippen molar-refractivity contribution in [1.82, 2.24) is 9.80 Å². The maximum atomic E-state index is 6.08. The fourth-order valence-corrected chi connectivity index (χ4v) is 5.81. The minimum atomic E-state index is 0.601. The van der Waals surface area contributed by atoms with Crippen LogP contribution in [-0.2, 0) is 12.8 Å². The van der Waals surface area contributed by atoms with Crippen LogP contribution in [0.25, 0.3) is 0 Å². The van der Waals surface area contributed by atoms with Gasteiger partial charge in [0, 0.05) is 19.6 Å². The van der Waals surface area contributed by atoms with Crippen LogP contribution in [0.5, 0.6) is 11.5 Å². The number of hydrogen-bond acceptors (Lipinski definition) is 4. The molecule has 0 radical (unpaired) electrons. The van der Waals surface area contributed by atoms with E-state index in [0.717, 1.165) is 76.8 Å². The fourth-order valence-electron chi connectivity index (χ4n) is 5.81. The Morgan fingerprint density at radius 3 is 1.74 bits per heavy atom. The first kappa shape index (κ1) is 29.9. The summed E-state index contributed by atoms with van der Waals surface area (Å²) < 4.78 is 12.0. The van der Waals surface area contributed by atoms with Crippen LogP contribution < -0.4 is 9.47 Å². The highest BCUT2D eigenvalue weighted by Crippen LogP contribution is 2.28. The van der Waals surface area contributed by atoms with E-state index in [1.165, 1.54) is 34.2 Å². The van der Waals surface area contributed by atoms with Crippen molar-refractivity contribution in [2.75, 3.05) is 52.5 Å². The van der Waals surface area contributed by atoms with Crippen LogP contribution in [0.4, 0.5) is 0 Å². The molecule has 1 aliphatic heterocycles. The Balaban J connectivity index is 1.01. The van der Waals surface area contributed by atoms with E-state index in [9.17, 15) is 0 Å². The Morgan fingerprint density at radius 2 is 1.17 bits per heavy atom. The number of nitrogens with zero attached hydrogens (tertiary/aromatic N) is 2. The van der Waals surface area contributed by atoms with Gasteiger partial charge in [-0.1, -0.05) is 92.7 Å². The van der Waals surface area contributed by atoms with Crippen LogP contribution >= 0.6 is 0 Å². The van der Waals surface area contributed by atoms with Gasteiger partial charge in [-0.3, -0.25) is 4.90 Å². The molecule has 0 spiro atoms. The molecule has 0 aliphatic carbocycles. The van der Waals surface area contributed by atoms with Gasteiger partial charge in [0.1, 0.15) is 24.7 Å². The molecule has 42 heavy (non-hydrogen) atoms. The zero-order chi connectivity index (χ0) is 29.0. The van der Waals surface area contributed by atoms with Crippen LogP contribution in [0.1, 0.15) is 54.0 Å². The Labute approximate surface area is 252 Å². The summed E-state index contributed by atoms with van der Waals surface area (Å²) in [5.41, 5.74) is 6.77. The number of ether oxygens (including phenoxy) is 2. The van der Waals surface area contributed by atoms with Crippen LogP contribution in [0.15, 0.2) is 103 Å². The molecule has 0 aromatic heterocycles. The first-order chi connectivity index (χ1) is 20.7. The van der Waals surface area contributed by atoms with Crippen molar-refractivity contribution < 1.29 is 9.47 Å². The third-order valence-corrected chi connectivity index (χ3v) is 8.48. The average Bonchev–Trinajstić information content (AvgIpc) is 3.51. The maximum Gasteiger partial charge on any atom is 0.119 e. The summed E-state index contributed by atoms with van der Waals surface area (Å²) in [6.07, 6.45) is 3.11. The van der Waals surface area contributed by atoms with Gasteiger partial charge in [0.15, 0.2) is 0 Å². The summed E-state index contributed by atoms with van der Waals surface area (Å²) in [6.45, 7) is 12.2. The number of hydrogen-bond donors (Lipinski definition) is 0. The summed E-state index contributed by atoms with van der Waals surface area (Å²) in [5.74, 6) is 2.51. The van der Waals surface area contributed by atoms with Crippen LogP contribution in [-0.4, -0.2) is 62.3 Å². The highest BCUT2D eigenvalue weighted by molar-refractivity contribution is 5.34. The van der Waals surface area contributed by atoms with Crippen LogP contribution in [0, 0.1) is 0 Å². The first-order valence-electron chi connectivity index (χ1n) is 15.7. The van der Waals surface area contributed by atoms with Crippen molar-refractivity contribution in [3.05, 3.63) is 131 Å². The van der Waals surface area contributed by atoms with Crippen molar-refractivity contribution >= 4 is 0 Å². The number of likely N-dealkylation sites (N-methyl/N-ethyl adjacent to an activating group) is 1. The molecule has 1 fully saturated rings. The van der Waals surface area contributed by atoms with E-state index < -0.39 is 0 Å². The molecule has 4 heteroatoms. The van der Waals surface area contributed by atoms with Gasteiger partial charge >= 0.3 is 0 Å². The minimum absolute atomic E-state index is 0.601.